The number of aryl methyl sites for hydroxylation is 2. The molecule has 0 bridgehead atoms. The third kappa shape index (κ3) is 3.42. The molecular formula is C12H19N5. The molecule has 0 radical (unpaired) electrons. The fourth-order valence-corrected chi connectivity index (χ4v) is 1.81. The zero-order valence-electron chi connectivity index (χ0n) is 10.2. The van der Waals surface area contributed by atoms with Crippen LogP contribution in [0.15, 0.2) is 30.7 Å². The standard InChI is InChI=1S/C12H19N5/c1-2-17-12(5-8-15-17)11-13-6-3-9-16-10-4-7-14-16/h4-5,7-8,10,13H,2-3,6,9,11H2,1H3. The number of nitrogens with one attached hydrogen (secondary N) is 1. The minimum Gasteiger partial charge on any atom is -0.311 e. The van der Waals surface area contributed by atoms with Gasteiger partial charge in [0, 0.05) is 38.2 Å². The molecule has 1 N–H and O–H groups in total. The van der Waals surface area contributed by atoms with E-state index in [1.165, 1.54) is 5.69 Å². The molecule has 0 spiro atoms. The van der Waals surface area contributed by atoms with E-state index in [4.69, 9.17) is 0 Å². The molecule has 0 atom stereocenters. The average Bonchev–Trinajstić information content (AvgIpc) is 2.98. The molecule has 0 saturated heterocycles. The normalized spacial score (nSPS) is 10.9. The van der Waals surface area contributed by atoms with Gasteiger partial charge in [-0.1, -0.05) is 0 Å². The summed E-state index contributed by atoms with van der Waals surface area (Å²) in [6.07, 6.45) is 6.74. The fourth-order valence-electron chi connectivity index (χ4n) is 1.81. The van der Waals surface area contributed by atoms with E-state index in [2.05, 4.69) is 28.5 Å². The van der Waals surface area contributed by atoms with Gasteiger partial charge < -0.3 is 5.32 Å². The Bertz CT molecular complexity index is 418. The van der Waals surface area contributed by atoms with Gasteiger partial charge in [0.25, 0.3) is 0 Å². The van der Waals surface area contributed by atoms with Crippen LogP contribution in [0.25, 0.3) is 0 Å². The van der Waals surface area contributed by atoms with E-state index in [0.29, 0.717) is 0 Å². The van der Waals surface area contributed by atoms with Gasteiger partial charge in [0.1, 0.15) is 0 Å². The molecule has 17 heavy (non-hydrogen) atoms. The molecule has 0 amide bonds. The molecule has 2 rings (SSSR count). The van der Waals surface area contributed by atoms with E-state index in [9.17, 15) is 0 Å². The molecule has 0 aromatic carbocycles. The molecule has 0 aliphatic carbocycles. The maximum absolute atomic E-state index is 4.24. The van der Waals surface area contributed by atoms with E-state index in [1.807, 2.05) is 34.0 Å². The highest BCUT2D eigenvalue weighted by molar-refractivity contribution is 4.99. The van der Waals surface area contributed by atoms with Gasteiger partial charge in [-0.15, -0.1) is 0 Å². The second-order valence-corrected chi connectivity index (χ2v) is 3.94. The molecule has 92 valence electrons. The van der Waals surface area contributed by atoms with Crippen LogP contribution in [0.2, 0.25) is 0 Å². The Kier molecular flexibility index (Phi) is 4.32. The van der Waals surface area contributed by atoms with Crippen LogP contribution >= 0.6 is 0 Å². The third-order valence-electron chi connectivity index (χ3n) is 2.71. The lowest BCUT2D eigenvalue weighted by Crippen LogP contribution is -2.19. The Hall–Kier alpha value is -1.62. The van der Waals surface area contributed by atoms with Crippen molar-refractivity contribution in [2.45, 2.75) is 33.0 Å². The molecule has 0 aliphatic heterocycles. The predicted octanol–water partition coefficient (Wildman–Crippen LogP) is 1.28. The van der Waals surface area contributed by atoms with E-state index < -0.39 is 0 Å². The average molecular weight is 233 g/mol. The van der Waals surface area contributed by atoms with Crippen LogP contribution in [0, 0.1) is 0 Å². The van der Waals surface area contributed by atoms with E-state index >= 15 is 0 Å². The molecule has 0 unspecified atom stereocenters. The van der Waals surface area contributed by atoms with Gasteiger partial charge in [-0.2, -0.15) is 10.2 Å². The predicted molar refractivity (Wildman–Crippen MR) is 66.5 cm³/mol. The van der Waals surface area contributed by atoms with Crippen LogP contribution in [0.1, 0.15) is 19.0 Å². The summed E-state index contributed by atoms with van der Waals surface area (Å²) < 4.78 is 3.97. The number of rotatable bonds is 7. The molecule has 0 fully saturated rings. The number of aromatic nitrogens is 4. The molecule has 5 nitrogen and oxygen atoms in total. The molecule has 2 aromatic heterocycles. The lowest BCUT2D eigenvalue weighted by atomic mass is 10.3. The molecule has 2 heterocycles. The van der Waals surface area contributed by atoms with Crippen molar-refractivity contribution >= 4 is 0 Å². The van der Waals surface area contributed by atoms with Crippen LogP contribution in [-0.4, -0.2) is 26.1 Å². The third-order valence-corrected chi connectivity index (χ3v) is 2.71. The molecule has 0 saturated carbocycles. The summed E-state index contributed by atoms with van der Waals surface area (Å²) in [6, 6.07) is 4.01. The summed E-state index contributed by atoms with van der Waals surface area (Å²) in [5.41, 5.74) is 1.24. The second kappa shape index (κ2) is 6.20. The summed E-state index contributed by atoms with van der Waals surface area (Å²) in [7, 11) is 0. The van der Waals surface area contributed by atoms with Crippen molar-refractivity contribution in [2.24, 2.45) is 0 Å². The maximum atomic E-state index is 4.24. The lowest BCUT2D eigenvalue weighted by molar-refractivity contribution is 0.527. The van der Waals surface area contributed by atoms with E-state index in [-0.39, 0.29) is 0 Å². The molecule has 5 heteroatoms. The fraction of sp³-hybridized carbons (Fsp3) is 0.500. The first-order valence-electron chi connectivity index (χ1n) is 6.09. The van der Waals surface area contributed by atoms with Gasteiger partial charge in [0.15, 0.2) is 0 Å². The van der Waals surface area contributed by atoms with Crippen molar-refractivity contribution in [1.29, 1.82) is 0 Å². The number of hydrogen-bond donors (Lipinski definition) is 1. The summed E-state index contributed by atoms with van der Waals surface area (Å²) in [4.78, 5) is 0. The monoisotopic (exact) mass is 233 g/mol. The Morgan fingerprint density at radius 3 is 3.00 bits per heavy atom. The highest BCUT2D eigenvalue weighted by Gasteiger charge is 1.99. The number of nitrogens with zero attached hydrogens (tertiary/aromatic N) is 4. The van der Waals surface area contributed by atoms with Crippen molar-refractivity contribution < 1.29 is 0 Å². The number of hydrogen-bond acceptors (Lipinski definition) is 3. The van der Waals surface area contributed by atoms with Gasteiger partial charge in [-0.25, -0.2) is 0 Å². The summed E-state index contributed by atoms with van der Waals surface area (Å²) in [5, 5.41) is 11.8. The first kappa shape index (κ1) is 11.9. The van der Waals surface area contributed by atoms with Gasteiger partial charge in [-0.05, 0) is 32.0 Å². The topological polar surface area (TPSA) is 47.7 Å². The van der Waals surface area contributed by atoms with Crippen LogP contribution in [0.4, 0.5) is 0 Å². The Balaban J connectivity index is 1.63. The molecule has 2 aromatic rings. The highest BCUT2D eigenvalue weighted by atomic mass is 15.3. The van der Waals surface area contributed by atoms with Crippen molar-refractivity contribution in [3.63, 3.8) is 0 Å². The first-order chi connectivity index (χ1) is 8.40. The van der Waals surface area contributed by atoms with Gasteiger partial charge in [0.05, 0.1) is 5.69 Å². The van der Waals surface area contributed by atoms with Crippen molar-refractivity contribution in [3.05, 3.63) is 36.4 Å². The molecule has 0 aliphatic rings. The molecular weight excluding hydrogens is 214 g/mol. The quantitative estimate of drug-likeness (QED) is 0.733. The summed E-state index contributed by atoms with van der Waals surface area (Å²) in [5.74, 6) is 0. The van der Waals surface area contributed by atoms with Gasteiger partial charge in [0.2, 0.25) is 0 Å². The van der Waals surface area contributed by atoms with Gasteiger partial charge in [-0.3, -0.25) is 9.36 Å². The smallest absolute Gasteiger partial charge is 0.0521 e. The van der Waals surface area contributed by atoms with E-state index in [1.54, 1.807) is 0 Å². The SMILES string of the molecule is CCn1nccc1CNCCCn1cccn1. The Morgan fingerprint density at radius 1 is 1.29 bits per heavy atom. The zero-order chi connectivity index (χ0) is 11.9. The summed E-state index contributed by atoms with van der Waals surface area (Å²) >= 11 is 0. The first-order valence-corrected chi connectivity index (χ1v) is 6.09. The minimum atomic E-state index is 0.882. The second-order valence-electron chi connectivity index (χ2n) is 3.94. The largest absolute Gasteiger partial charge is 0.311 e. The van der Waals surface area contributed by atoms with Crippen LogP contribution in [0.5, 0.6) is 0 Å². The van der Waals surface area contributed by atoms with Crippen molar-refractivity contribution in [1.82, 2.24) is 24.9 Å². The minimum absolute atomic E-state index is 0.882. The van der Waals surface area contributed by atoms with Crippen LogP contribution in [-0.2, 0) is 19.6 Å². The summed E-state index contributed by atoms with van der Waals surface area (Å²) in [6.45, 7) is 5.88. The van der Waals surface area contributed by atoms with Crippen molar-refractivity contribution in [2.75, 3.05) is 6.54 Å². The van der Waals surface area contributed by atoms with E-state index in [0.717, 1.165) is 32.6 Å². The highest BCUT2D eigenvalue weighted by Crippen LogP contribution is 1.98. The van der Waals surface area contributed by atoms with Crippen LogP contribution in [0.3, 0.4) is 0 Å². The Morgan fingerprint density at radius 2 is 2.24 bits per heavy atom. The lowest BCUT2D eigenvalue weighted by Gasteiger charge is -2.06. The zero-order valence-corrected chi connectivity index (χ0v) is 10.2. The Labute approximate surface area is 101 Å². The van der Waals surface area contributed by atoms with Crippen molar-refractivity contribution in [3.8, 4) is 0 Å². The van der Waals surface area contributed by atoms with Crippen LogP contribution < -0.4 is 5.32 Å². The maximum Gasteiger partial charge on any atom is 0.0521 e. The van der Waals surface area contributed by atoms with Gasteiger partial charge >= 0.3 is 0 Å².